The molecule has 0 aliphatic carbocycles. The number of likely N-dealkylation sites (N-methyl/N-ethyl adjacent to an activating group) is 1. The molecule has 0 aromatic heterocycles. The van der Waals surface area contributed by atoms with E-state index in [9.17, 15) is 9.59 Å². The van der Waals surface area contributed by atoms with Crippen molar-refractivity contribution in [3.63, 3.8) is 0 Å². The number of hydrogen-bond acceptors (Lipinski definition) is 3. The van der Waals surface area contributed by atoms with E-state index in [1.165, 1.54) is 4.90 Å². The molecular formula is C12H23N3O2. The molecule has 1 aliphatic heterocycles. The lowest BCUT2D eigenvalue weighted by molar-refractivity contribution is -0.136. The van der Waals surface area contributed by atoms with Gasteiger partial charge in [-0.2, -0.15) is 0 Å². The molecule has 2 amide bonds. The van der Waals surface area contributed by atoms with E-state index in [-0.39, 0.29) is 24.4 Å². The van der Waals surface area contributed by atoms with Gasteiger partial charge < -0.3 is 15.5 Å². The molecule has 0 unspecified atom stereocenters. The smallest absolute Gasteiger partial charge is 0.239 e. The van der Waals surface area contributed by atoms with E-state index in [0.717, 1.165) is 32.2 Å². The number of hydrogen-bond donors (Lipinski definition) is 2. The largest absolute Gasteiger partial charge is 0.355 e. The molecule has 0 aromatic carbocycles. The van der Waals surface area contributed by atoms with Crippen LogP contribution in [0, 0.1) is 0 Å². The molecule has 98 valence electrons. The molecular weight excluding hydrogens is 218 g/mol. The summed E-state index contributed by atoms with van der Waals surface area (Å²) < 4.78 is 0. The minimum atomic E-state index is -0.104. The number of carbonyl (C=O) groups is 2. The Hall–Kier alpha value is -1.10. The first-order valence-corrected chi connectivity index (χ1v) is 6.40. The second-order valence-electron chi connectivity index (χ2n) is 4.55. The van der Waals surface area contributed by atoms with E-state index in [1.807, 2.05) is 6.92 Å². The van der Waals surface area contributed by atoms with Crippen LogP contribution in [0.15, 0.2) is 0 Å². The van der Waals surface area contributed by atoms with Gasteiger partial charge in [0, 0.05) is 13.6 Å². The van der Waals surface area contributed by atoms with Gasteiger partial charge >= 0.3 is 0 Å². The van der Waals surface area contributed by atoms with Gasteiger partial charge in [-0.05, 0) is 25.8 Å². The minimum Gasteiger partial charge on any atom is -0.355 e. The van der Waals surface area contributed by atoms with Gasteiger partial charge in [-0.15, -0.1) is 0 Å². The van der Waals surface area contributed by atoms with E-state index in [0.29, 0.717) is 6.54 Å². The Morgan fingerprint density at radius 2 is 2.18 bits per heavy atom. The molecule has 1 saturated heterocycles. The van der Waals surface area contributed by atoms with Crippen LogP contribution in [0.4, 0.5) is 0 Å². The molecule has 2 N–H and O–H groups in total. The van der Waals surface area contributed by atoms with Gasteiger partial charge in [-0.3, -0.25) is 9.59 Å². The van der Waals surface area contributed by atoms with Crippen LogP contribution in [0.1, 0.15) is 32.6 Å². The summed E-state index contributed by atoms with van der Waals surface area (Å²) in [6, 6.07) is -0.104. The molecule has 1 atom stereocenters. The summed E-state index contributed by atoms with van der Waals surface area (Å²) in [6.45, 7) is 3.72. The van der Waals surface area contributed by atoms with Crippen LogP contribution < -0.4 is 10.6 Å². The maximum Gasteiger partial charge on any atom is 0.239 e. The number of amides is 2. The molecule has 1 heterocycles. The van der Waals surface area contributed by atoms with Gasteiger partial charge in [0.05, 0.1) is 12.6 Å². The average Bonchev–Trinajstić information content (AvgIpc) is 2.36. The second kappa shape index (κ2) is 7.27. The van der Waals surface area contributed by atoms with Crippen molar-refractivity contribution in [2.75, 3.05) is 26.7 Å². The molecule has 1 fully saturated rings. The van der Waals surface area contributed by atoms with Crippen LogP contribution >= 0.6 is 0 Å². The minimum absolute atomic E-state index is 0.0244. The lowest BCUT2D eigenvalue weighted by atomic mass is 10.0. The van der Waals surface area contributed by atoms with Gasteiger partial charge in [-0.1, -0.05) is 13.3 Å². The highest BCUT2D eigenvalue weighted by atomic mass is 16.2. The summed E-state index contributed by atoms with van der Waals surface area (Å²) in [7, 11) is 1.68. The van der Waals surface area contributed by atoms with Gasteiger partial charge in [-0.25, -0.2) is 0 Å². The fourth-order valence-corrected chi connectivity index (χ4v) is 1.94. The van der Waals surface area contributed by atoms with E-state index in [1.54, 1.807) is 7.05 Å². The first-order valence-electron chi connectivity index (χ1n) is 6.40. The summed E-state index contributed by atoms with van der Waals surface area (Å²) in [4.78, 5) is 25.0. The Morgan fingerprint density at radius 3 is 2.76 bits per heavy atom. The first kappa shape index (κ1) is 14.0. The summed E-state index contributed by atoms with van der Waals surface area (Å²) in [5.41, 5.74) is 0. The molecule has 17 heavy (non-hydrogen) atoms. The van der Waals surface area contributed by atoms with Crippen LogP contribution in [0.25, 0.3) is 0 Å². The van der Waals surface area contributed by atoms with Crippen LogP contribution in [0.5, 0.6) is 0 Å². The third-order valence-electron chi connectivity index (χ3n) is 2.94. The zero-order valence-electron chi connectivity index (χ0n) is 10.8. The van der Waals surface area contributed by atoms with E-state index >= 15 is 0 Å². The summed E-state index contributed by atoms with van der Waals surface area (Å²) in [6.07, 6.45) is 4.00. The SMILES string of the molecule is CCCNC(=O)CN(C)C(=O)[C@H]1CCCCN1. The fraction of sp³-hybridized carbons (Fsp3) is 0.833. The molecule has 0 bridgehead atoms. The van der Waals surface area contributed by atoms with E-state index < -0.39 is 0 Å². The molecule has 1 rings (SSSR count). The second-order valence-corrected chi connectivity index (χ2v) is 4.55. The number of nitrogens with zero attached hydrogens (tertiary/aromatic N) is 1. The molecule has 0 aromatic rings. The van der Waals surface area contributed by atoms with E-state index in [4.69, 9.17) is 0 Å². The van der Waals surface area contributed by atoms with Crippen molar-refractivity contribution < 1.29 is 9.59 Å². The summed E-state index contributed by atoms with van der Waals surface area (Å²) in [5.74, 6) is -0.0603. The van der Waals surface area contributed by atoms with Crippen LogP contribution in [0.2, 0.25) is 0 Å². The van der Waals surface area contributed by atoms with Crippen molar-refractivity contribution in [2.45, 2.75) is 38.6 Å². The monoisotopic (exact) mass is 241 g/mol. The van der Waals surface area contributed by atoms with Crippen LogP contribution in [-0.4, -0.2) is 49.4 Å². The van der Waals surface area contributed by atoms with Gasteiger partial charge in [0.2, 0.25) is 11.8 Å². The van der Waals surface area contributed by atoms with Crippen molar-refractivity contribution in [3.05, 3.63) is 0 Å². The van der Waals surface area contributed by atoms with Crippen LogP contribution in [0.3, 0.4) is 0 Å². The van der Waals surface area contributed by atoms with E-state index in [2.05, 4.69) is 10.6 Å². The highest BCUT2D eigenvalue weighted by Gasteiger charge is 2.24. The zero-order valence-corrected chi connectivity index (χ0v) is 10.8. The number of rotatable bonds is 5. The third-order valence-corrected chi connectivity index (χ3v) is 2.94. The summed E-state index contributed by atoms with van der Waals surface area (Å²) in [5, 5.41) is 5.96. The standard InChI is InChI=1S/C12H23N3O2/c1-3-7-14-11(16)9-15(2)12(17)10-6-4-5-8-13-10/h10,13H,3-9H2,1-2H3,(H,14,16)/t10-/m1/s1. The van der Waals surface area contributed by atoms with Crippen molar-refractivity contribution in [2.24, 2.45) is 0 Å². The Balaban J connectivity index is 2.32. The molecule has 5 heteroatoms. The van der Waals surface area contributed by atoms with Crippen LogP contribution in [-0.2, 0) is 9.59 Å². The Labute approximate surface area is 103 Å². The lowest BCUT2D eigenvalue weighted by Gasteiger charge is -2.27. The van der Waals surface area contributed by atoms with Crippen molar-refractivity contribution in [3.8, 4) is 0 Å². The van der Waals surface area contributed by atoms with Crippen molar-refractivity contribution in [1.29, 1.82) is 0 Å². The maximum atomic E-state index is 12.0. The molecule has 1 aliphatic rings. The maximum absolute atomic E-state index is 12.0. The number of carbonyl (C=O) groups excluding carboxylic acids is 2. The predicted octanol–water partition coefficient (Wildman–Crippen LogP) is 0.113. The topological polar surface area (TPSA) is 61.4 Å². The van der Waals surface area contributed by atoms with Gasteiger partial charge in [0.1, 0.15) is 0 Å². The number of nitrogens with one attached hydrogen (secondary N) is 2. The number of piperidine rings is 1. The summed E-state index contributed by atoms with van der Waals surface area (Å²) >= 11 is 0. The Kier molecular flexibility index (Phi) is 5.97. The van der Waals surface area contributed by atoms with Crippen molar-refractivity contribution >= 4 is 11.8 Å². The predicted molar refractivity (Wildman–Crippen MR) is 66.6 cm³/mol. The Bertz CT molecular complexity index is 262. The molecule has 0 saturated carbocycles. The first-order chi connectivity index (χ1) is 8.15. The molecule has 5 nitrogen and oxygen atoms in total. The highest BCUT2D eigenvalue weighted by molar-refractivity contribution is 5.87. The zero-order chi connectivity index (χ0) is 12.7. The fourth-order valence-electron chi connectivity index (χ4n) is 1.94. The quantitative estimate of drug-likeness (QED) is 0.718. The highest BCUT2D eigenvalue weighted by Crippen LogP contribution is 2.08. The lowest BCUT2D eigenvalue weighted by Crippen LogP contribution is -2.49. The molecule has 0 spiro atoms. The molecule has 0 radical (unpaired) electrons. The normalized spacial score (nSPS) is 19.8. The van der Waals surface area contributed by atoms with Gasteiger partial charge in [0.15, 0.2) is 0 Å². The third kappa shape index (κ3) is 4.73. The van der Waals surface area contributed by atoms with Gasteiger partial charge in [0.25, 0.3) is 0 Å². The van der Waals surface area contributed by atoms with Crippen molar-refractivity contribution in [1.82, 2.24) is 15.5 Å². The Morgan fingerprint density at radius 1 is 1.41 bits per heavy atom. The average molecular weight is 241 g/mol.